The molecule has 3 N–H and O–H groups in total. The maximum atomic E-state index is 12.1. The van der Waals surface area contributed by atoms with Crippen LogP contribution in [0.4, 0.5) is 4.79 Å². The van der Waals surface area contributed by atoms with Crippen LogP contribution in [0.2, 0.25) is 10.0 Å². The predicted octanol–water partition coefficient (Wildman–Crippen LogP) is 5.73. The van der Waals surface area contributed by atoms with E-state index in [-0.39, 0.29) is 24.4 Å². The van der Waals surface area contributed by atoms with E-state index in [1.165, 1.54) is 0 Å². The van der Waals surface area contributed by atoms with E-state index in [0.717, 1.165) is 36.1 Å². The van der Waals surface area contributed by atoms with Crippen LogP contribution >= 0.6 is 23.2 Å². The molecule has 0 bridgehead atoms. The molecule has 1 aliphatic carbocycles. The zero-order chi connectivity index (χ0) is 27.4. The number of aromatic amines is 1. The van der Waals surface area contributed by atoms with Crippen molar-refractivity contribution in [1.82, 2.24) is 15.2 Å². The van der Waals surface area contributed by atoms with Crippen molar-refractivity contribution in [3.05, 3.63) is 57.6 Å². The first-order chi connectivity index (χ1) is 18.1. The second-order valence-corrected chi connectivity index (χ2v) is 10.8. The Morgan fingerprint density at radius 2 is 2.05 bits per heavy atom. The molecule has 1 aromatic heterocycles. The lowest BCUT2D eigenvalue weighted by Gasteiger charge is -2.45. The van der Waals surface area contributed by atoms with Gasteiger partial charge in [-0.1, -0.05) is 35.3 Å². The largest absolute Gasteiger partial charge is 0.515 e. The van der Waals surface area contributed by atoms with Crippen LogP contribution in [-0.4, -0.2) is 61.5 Å². The van der Waals surface area contributed by atoms with E-state index in [1.807, 2.05) is 38.4 Å². The summed E-state index contributed by atoms with van der Waals surface area (Å²) in [6.45, 7) is 3.03. The summed E-state index contributed by atoms with van der Waals surface area (Å²) in [6, 6.07) is 11.2. The maximum Gasteiger partial charge on any atom is 0.515 e. The van der Waals surface area contributed by atoms with Gasteiger partial charge in [-0.15, -0.1) is 0 Å². The molecule has 3 unspecified atom stereocenters. The Morgan fingerprint density at radius 1 is 1.26 bits per heavy atom. The van der Waals surface area contributed by atoms with Gasteiger partial charge in [0.1, 0.15) is 5.75 Å². The second-order valence-electron chi connectivity index (χ2n) is 10.00. The highest BCUT2D eigenvalue weighted by atomic mass is 35.5. The monoisotopic (exact) mass is 563 g/mol. The number of ether oxygens (including phenoxy) is 3. The number of carbonyl (C=O) groups is 1. The van der Waals surface area contributed by atoms with E-state index in [2.05, 4.69) is 15.2 Å². The third kappa shape index (κ3) is 6.21. The average Bonchev–Trinajstić information content (AvgIpc) is 3.21. The predicted molar refractivity (Wildman–Crippen MR) is 149 cm³/mol. The van der Waals surface area contributed by atoms with Crippen molar-refractivity contribution in [1.29, 1.82) is 0 Å². The normalized spacial score (nSPS) is 21.6. The lowest BCUT2D eigenvalue weighted by Crippen LogP contribution is -2.49. The first kappa shape index (κ1) is 28.5. The van der Waals surface area contributed by atoms with Gasteiger partial charge in [0.25, 0.3) is 0 Å². The summed E-state index contributed by atoms with van der Waals surface area (Å²) in [7, 11) is 5.66. The molecule has 1 saturated carbocycles. The number of H-pyrrole nitrogens is 1. The number of hydrogen-bond donors (Lipinski definition) is 3. The van der Waals surface area contributed by atoms with Gasteiger partial charge < -0.3 is 34.5 Å². The van der Waals surface area contributed by atoms with Crippen LogP contribution in [0, 0.1) is 5.92 Å². The van der Waals surface area contributed by atoms with Gasteiger partial charge in [0.2, 0.25) is 5.88 Å². The van der Waals surface area contributed by atoms with Crippen molar-refractivity contribution < 1.29 is 24.1 Å². The number of fused-ring (bicyclic) bond motifs is 1. The van der Waals surface area contributed by atoms with Crippen molar-refractivity contribution in [2.24, 2.45) is 5.92 Å². The number of nitrogens with one attached hydrogen (secondary N) is 2. The van der Waals surface area contributed by atoms with Gasteiger partial charge in [-0.05, 0) is 70.1 Å². The number of aliphatic hydroxyl groups is 1. The molecule has 38 heavy (non-hydrogen) atoms. The third-order valence-corrected chi connectivity index (χ3v) is 7.68. The molecule has 1 aliphatic rings. The molecule has 3 aromatic rings. The number of methoxy groups -OCH3 is 1. The Morgan fingerprint density at radius 3 is 2.76 bits per heavy atom. The van der Waals surface area contributed by atoms with Crippen molar-refractivity contribution in [3.63, 3.8) is 0 Å². The van der Waals surface area contributed by atoms with Crippen LogP contribution in [0.5, 0.6) is 11.6 Å². The Kier molecular flexibility index (Phi) is 9.11. The molecular formula is C28H35Cl2N3O5. The SMILES string of the molecule is CCOC(=O)Oc1[nH]c2cc(Cl)cc(Cl)c2c1CNC1CCC(O)(c2cccc(OC)c2)C(CN(C)C)C1. The molecule has 4 rings (SSSR count). The topological polar surface area (TPSA) is 96.0 Å². The average molecular weight is 565 g/mol. The lowest BCUT2D eigenvalue weighted by molar-refractivity contribution is -0.0694. The molecule has 1 heterocycles. The number of hydrogen-bond acceptors (Lipinski definition) is 7. The molecule has 0 saturated heterocycles. The number of nitrogens with zero attached hydrogens (tertiary/aromatic N) is 1. The number of halogens is 2. The molecular weight excluding hydrogens is 529 g/mol. The van der Waals surface area contributed by atoms with Crippen LogP contribution in [-0.2, 0) is 16.9 Å². The van der Waals surface area contributed by atoms with Crippen LogP contribution < -0.4 is 14.8 Å². The molecule has 206 valence electrons. The number of aromatic nitrogens is 1. The van der Waals surface area contributed by atoms with E-state index in [9.17, 15) is 9.90 Å². The van der Waals surface area contributed by atoms with Crippen LogP contribution in [0.1, 0.15) is 37.3 Å². The van der Waals surface area contributed by atoms with Gasteiger partial charge in [0.15, 0.2) is 0 Å². The second kappa shape index (κ2) is 12.1. The zero-order valence-electron chi connectivity index (χ0n) is 22.1. The fraction of sp³-hybridized carbons (Fsp3) is 0.464. The van der Waals surface area contributed by atoms with Crippen molar-refractivity contribution in [2.45, 2.75) is 44.4 Å². The van der Waals surface area contributed by atoms with Crippen molar-refractivity contribution >= 4 is 40.3 Å². The minimum absolute atomic E-state index is 0.0172. The highest BCUT2D eigenvalue weighted by molar-refractivity contribution is 6.38. The molecule has 0 amide bonds. The van der Waals surface area contributed by atoms with Gasteiger partial charge in [0.05, 0.1) is 29.9 Å². The Balaban J connectivity index is 1.57. The minimum Gasteiger partial charge on any atom is -0.497 e. The highest BCUT2D eigenvalue weighted by Gasteiger charge is 2.43. The number of rotatable bonds is 9. The van der Waals surface area contributed by atoms with E-state index >= 15 is 0 Å². The summed E-state index contributed by atoms with van der Waals surface area (Å²) in [5.74, 6) is 0.977. The lowest BCUT2D eigenvalue weighted by atomic mass is 9.69. The van der Waals surface area contributed by atoms with Gasteiger partial charge >= 0.3 is 6.16 Å². The van der Waals surface area contributed by atoms with E-state index in [0.29, 0.717) is 34.1 Å². The molecule has 10 heteroatoms. The molecule has 0 aliphatic heterocycles. The smallest absolute Gasteiger partial charge is 0.497 e. The van der Waals surface area contributed by atoms with Gasteiger partial charge in [-0.2, -0.15) is 0 Å². The Labute approximate surface area is 233 Å². The maximum absolute atomic E-state index is 12.1. The fourth-order valence-electron chi connectivity index (χ4n) is 5.40. The summed E-state index contributed by atoms with van der Waals surface area (Å²) >= 11 is 12.8. The van der Waals surface area contributed by atoms with Crippen LogP contribution in [0.15, 0.2) is 36.4 Å². The van der Waals surface area contributed by atoms with Gasteiger partial charge in [-0.25, -0.2) is 4.79 Å². The van der Waals surface area contributed by atoms with E-state index in [1.54, 1.807) is 26.2 Å². The zero-order valence-corrected chi connectivity index (χ0v) is 23.7. The fourth-order valence-corrected chi connectivity index (χ4v) is 6.01. The van der Waals surface area contributed by atoms with Gasteiger partial charge in [0, 0.05) is 41.0 Å². The molecule has 2 aromatic carbocycles. The van der Waals surface area contributed by atoms with E-state index < -0.39 is 11.8 Å². The highest BCUT2D eigenvalue weighted by Crippen LogP contribution is 2.43. The van der Waals surface area contributed by atoms with Crippen LogP contribution in [0.25, 0.3) is 10.9 Å². The molecule has 0 spiro atoms. The number of benzene rings is 2. The summed E-state index contributed by atoms with van der Waals surface area (Å²) < 4.78 is 15.9. The van der Waals surface area contributed by atoms with Gasteiger partial charge in [-0.3, -0.25) is 0 Å². The quantitative estimate of drug-likeness (QED) is 0.286. The molecule has 1 fully saturated rings. The van der Waals surface area contributed by atoms with Crippen molar-refractivity contribution in [2.75, 3.05) is 34.4 Å². The first-order valence-corrected chi connectivity index (χ1v) is 13.5. The summed E-state index contributed by atoms with van der Waals surface area (Å²) in [5.41, 5.74) is 1.27. The summed E-state index contributed by atoms with van der Waals surface area (Å²) in [4.78, 5) is 17.3. The minimum atomic E-state index is -0.976. The number of carbonyl (C=O) groups excluding carboxylic acids is 1. The molecule has 3 atom stereocenters. The van der Waals surface area contributed by atoms with Crippen LogP contribution in [0.3, 0.4) is 0 Å². The van der Waals surface area contributed by atoms with E-state index in [4.69, 9.17) is 37.4 Å². The molecule has 0 radical (unpaired) electrons. The summed E-state index contributed by atoms with van der Waals surface area (Å²) in [5, 5.41) is 17.2. The third-order valence-electron chi connectivity index (χ3n) is 7.17. The Bertz CT molecular complexity index is 1280. The molecule has 8 nitrogen and oxygen atoms in total. The first-order valence-electron chi connectivity index (χ1n) is 12.7. The summed E-state index contributed by atoms with van der Waals surface area (Å²) in [6.07, 6.45) is 1.30. The van der Waals surface area contributed by atoms with Crippen molar-refractivity contribution in [3.8, 4) is 11.6 Å². The standard InChI is InChI=1S/C28H35Cl2N3O5/c1-5-37-27(34)38-26-22(25-23(30)13-19(29)14-24(25)32-26)15-31-20-9-10-28(35,18(11-20)16-33(2)3)17-7-6-8-21(12-17)36-4/h6-8,12-14,18,20,31-32,35H,5,9-11,15-16H2,1-4H3. The Hall–Kier alpha value is -2.49.